The monoisotopic (exact) mass is 284 g/mol. The van der Waals surface area contributed by atoms with Crippen LogP contribution in [0, 0.1) is 5.92 Å². The molecule has 0 aromatic rings. The Labute approximate surface area is 119 Å². The smallest absolute Gasteiger partial charge is 0.306 e. The van der Waals surface area contributed by atoms with E-state index in [4.69, 9.17) is 14.2 Å². The molecule has 0 aromatic heterocycles. The van der Waals surface area contributed by atoms with Crippen molar-refractivity contribution in [3.05, 3.63) is 0 Å². The predicted octanol–water partition coefficient (Wildman–Crippen LogP) is 1.76. The molecule has 1 heterocycles. The van der Waals surface area contributed by atoms with E-state index >= 15 is 0 Å². The maximum Gasteiger partial charge on any atom is 0.306 e. The Hall–Kier alpha value is -0.650. The number of aliphatic hydroxyl groups is 1. The van der Waals surface area contributed by atoms with Gasteiger partial charge < -0.3 is 19.3 Å². The number of hydrogen-bond donors (Lipinski definition) is 1. The third kappa shape index (κ3) is 2.59. The molecule has 4 atom stereocenters. The summed E-state index contributed by atoms with van der Waals surface area (Å²) in [6.45, 7) is 2.19. The Morgan fingerprint density at radius 2 is 1.95 bits per heavy atom. The van der Waals surface area contributed by atoms with Crippen LogP contribution in [0.1, 0.15) is 51.9 Å². The lowest BCUT2D eigenvalue weighted by Crippen LogP contribution is -2.36. The summed E-state index contributed by atoms with van der Waals surface area (Å²) in [7, 11) is 0. The number of esters is 1. The van der Waals surface area contributed by atoms with Gasteiger partial charge in [-0.15, -0.1) is 0 Å². The summed E-state index contributed by atoms with van der Waals surface area (Å²) in [5.41, 5.74) is 0. The van der Waals surface area contributed by atoms with Gasteiger partial charge in [0.25, 0.3) is 0 Å². The standard InChI is InChI=1S/C15H24O5/c1-2-18-12(17)9-10-8-11(16)14-13(10)19-15(20-14)6-4-3-5-7-15/h10-11,13-14,16H,2-9H2,1H3/t10-,11-,13+,14-/m1/s1. The molecule has 3 aliphatic rings. The zero-order valence-corrected chi connectivity index (χ0v) is 12.0. The van der Waals surface area contributed by atoms with Crippen molar-refractivity contribution < 1.29 is 24.1 Å². The third-order valence-electron chi connectivity index (χ3n) is 4.76. The minimum absolute atomic E-state index is 0.00958. The molecule has 5 nitrogen and oxygen atoms in total. The van der Waals surface area contributed by atoms with Crippen molar-refractivity contribution in [2.24, 2.45) is 5.92 Å². The maximum atomic E-state index is 11.7. The molecule has 1 N–H and O–H groups in total. The van der Waals surface area contributed by atoms with E-state index in [1.165, 1.54) is 6.42 Å². The first-order chi connectivity index (χ1) is 9.63. The molecule has 0 bridgehead atoms. The van der Waals surface area contributed by atoms with Gasteiger partial charge >= 0.3 is 5.97 Å². The van der Waals surface area contributed by atoms with E-state index in [2.05, 4.69) is 0 Å². The molecule has 5 heteroatoms. The Morgan fingerprint density at radius 3 is 2.65 bits per heavy atom. The molecule has 3 fully saturated rings. The highest BCUT2D eigenvalue weighted by Crippen LogP contribution is 2.48. The number of aliphatic hydroxyl groups excluding tert-OH is 1. The van der Waals surface area contributed by atoms with Crippen LogP contribution in [0.15, 0.2) is 0 Å². The highest BCUT2D eigenvalue weighted by atomic mass is 16.8. The third-order valence-corrected chi connectivity index (χ3v) is 4.76. The fraction of sp³-hybridized carbons (Fsp3) is 0.933. The first-order valence-corrected chi connectivity index (χ1v) is 7.83. The van der Waals surface area contributed by atoms with Crippen LogP contribution < -0.4 is 0 Å². The number of ether oxygens (including phenoxy) is 3. The molecular formula is C15H24O5. The van der Waals surface area contributed by atoms with Crippen LogP contribution >= 0.6 is 0 Å². The summed E-state index contributed by atoms with van der Waals surface area (Å²) in [6, 6.07) is 0. The SMILES string of the molecule is CCOC(=O)C[C@H]1C[C@@H](O)[C@H]2OC3(CCCCC3)O[C@@H]12. The van der Waals surface area contributed by atoms with Crippen LogP contribution in [0.5, 0.6) is 0 Å². The fourth-order valence-electron chi connectivity index (χ4n) is 3.86. The largest absolute Gasteiger partial charge is 0.466 e. The van der Waals surface area contributed by atoms with Gasteiger partial charge in [0.15, 0.2) is 5.79 Å². The zero-order chi connectivity index (χ0) is 14.2. The van der Waals surface area contributed by atoms with Crippen LogP contribution in [0.4, 0.5) is 0 Å². The van der Waals surface area contributed by atoms with Crippen LogP contribution in [-0.2, 0) is 19.0 Å². The second-order valence-electron chi connectivity index (χ2n) is 6.21. The van der Waals surface area contributed by atoms with E-state index in [0.717, 1.165) is 25.7 Å². The van der Waals surface area contributed by atoms with Crippen molar-refractivity contribution in [1.82, 2.24) is 0 Å². The zero-order valence-electron chi connectivity index (χ0n) is 12.0. The van der Waals surface area contributed by atoms with E-state index in [1.807, 2.05) is 0 Å². The molecule has 3 rings (SSSR count). The van der Waals surface area contributed by atoms with Gasteiger partial charge in [0.1, 0.15) is 6.10 Å². The van der Waals surface area contributed by atoms with Crippen molar-refractivity contribution in [2.75, 3.05) is 6.61 Å². The van der Waals surface area contributed by atoms with Crippen molar-refractivity contribution in [1.29, 1.82) is 0 Å². The molecule has 1 spiro atoms. The lowest BCUT2D eigenvalue weighted by atomic mass is 9.94. The van der Waals surface area contributed by atoms with E-state index < -0.39 is 11.9 Å². The lowest BCUT2D eigenvalue weighted by molar-refractivity contribution is -0.210. The first kappa shape index (κ1) is 14.3. The van der Waals surface area contributed by atoms with Gasteiger partial charge in [-0.2, -0.15) is 0 Å². The highest BCUT2D eigenvalue weighted by Gasteiger charge is 2.57. The summed E-state index contributed by atoms with van der Waals surface area (Å²) < 4.78 is 17.3. The average Bonchev–Trinajstić information content (AvgIpc) is 2.90. The van der Waals surface area contributed by atoms with Crippen LogP contribution in [0.25, 0.3) is 0 Å². The normalized spacial score (nSPS) is 38.9. The van der Waals surface area contributed by atoms with E-state index in [0.29, 0.717) is 19.4 Å². The molecule has 1 aliphatic heterocycles. The molecule has 0 aromatic carbocycles. The number of carbonyl (C=O) groups excluding carboxylic acids is 1. The van der Waals surface area contributed by atoms with Crippen LogP contribution in [0.2, 0.25) is 0 Å². The Morgan fingerprint density at radius 1 is 1.25 bits per heavy atom. The number of carbonyl (C=O) groups is 1. The number of hydrogen-bond acceptors (Lipinski definition) is 5. The van der Waals surface area contributed by atoms with E-state index in [-0.39, 0.29) is 24.1 Å². The van der Waals surface area contributed by atoms with Gasteiger partial charge in [-0.05, 0) is 26.2 Å². The highest BCUT2D eigenvalue weighted by molar-refractivity contribution is 5.69. The van der Waals surface area contributed by atoms with E-state index in [1.54, 1.807) is 6.92 Å². The number of rotatable bonds is 3. The fourth-order valence-corrected chi connectivity index (χ4v) is 3.86. The second kappa shape index (κ2) is 5.62. The van der Waals surface area contributed by atoms with E-state index in [9.17, 15) is 9.90 Å². The van der Waals surface area contributed by atoms with Gasteiger partial charge in [-0.3, -0.25) is 4.79 Å². The van der Waals surface area contributed by atoms with Gasteiger partial charge in [0.05, 0.1) is 25.2 Å². The molecule has 2 saturated carbocycles. The molecule has 114 valence electrons. The summed E-state index contributed by atoms with van der Waals surface area (Å²) in [5.74, 6) is -0.698. The second-order valence-corrected chi connectivity index (χ2v) is 6.21. The van der Waals surface area contributed by atoms with Gasteiger partial charge in [-0.1, -0.05) is 6.42 Å². The van der Waals surface area contributed by atoms with Gasteiger partial charge in [-0.25, -0.2) is 0 Å². The Bertz CT molecular complexity index is 363. The Kier molecular flexibility index (Phi) is 4.02. The summed E-state index contributed by atoms with van der Waals surface area (Å²) >= 11 is 0. The first-order valence-electron chi connectivity index (χ1n) is 7.83. The predicted molar refractivity (Wildman–Crippen MR) is 70.9 cm³/mol. The molecule has 2 aliphatic carbocycles. The van der Waals surface area contributed by atoms with Crippen LogP contribution in [0.3, 0.4) is 0 Å². The molecule has 0 radical (unpaired) electrons. The number of fused-ring (bicyclic) bond motifs is 1. The molecule has 1 saturated heterocycles. The van der Waals surface area contributed by atoms with Crippen LogP contribution in [-0.4, -0.2) is 41.8 Å². The van der Waals surface area contributed by atoms with Crippen molar-refractivity contribution in [3.8, 4) is 0 Å². The molecular weight excluding hydrogens is 260 g/mol. The quantitative estimate of drug-likeness (QED) is 0.800. The van der Waals surface area contributed by atoms with Gasteiger partial charge in [0, 0.05) is 18.8 Å². The molecule has 20 heavy (non-hydrogen) atoms. The van der Waals surface area contributed by atoms with Gasteiger partial charge in [0.2, 0.25) is 0 Å². The summed E-state index contributed by atoms with van der Waals surface area (Å²) in [5, 5.41) is 10.2. The summed E-state index contributed by atoms with van der Waals surface area (Å²) in [4.78, 5) is 11.7. The van der Waals surface area contributed by atoms with Crippen molar-refractivity contribution in [2.45, 2.75) is 76.0 Å². The molecule has 0 amide bonds. The van der Waals surface area contributed by atoms with Crippen molar-refractivity contribution in [3.63, 3.8) is 0 Å². The topological polar surface area (TPSA) is 65.0 Å². The minimum Gasteiger partial charge on any atom is -0.466 e. The Balaban J connectivity index is 1.66. The van der Waals surface area contributed by atoms with Crippen molar-refractivity contribution >= 4 is 5.97 Å². The average molecular weight is 284 g/mol. The summed E-state index contributed by atoms with van der Waals surface area (Å²) in [6.07, 6.45) is 5.16. The minimum atomic E-state index is -0.527. The lowest BCUT2D eigenvalue weighted by Gasteiger charge is -2.33. The molecule has 0 unspecified atom stereocenters. The maximum absolute atomic E-state index is 11.7.